The number of benzene rings is 1. The van der Waals surface area contributed by atoms with Crippen molar-refractivity contribution in [2.45, 2.75) is 17.7 Å². The van der Waals surface area contributed by atoms with Gasteiger partial charge >= 0.3 is 0 Å². The standard InChI is InChI=1S/C12H16F2N2O3S/c1-2-20(18,19)10-5-3-9(4-6-10)11(17)16-8-12(13,14)7-15/h3-6H,2,7-8,15H2,1H3,(H,16,17). The first-order chi connectivity index (χ1) is 9.22. The summed E-state index contributed by atoms with van der Waals surface area (Å²) in [5.41, 5.74) is 4.95. The number of carbonyl (C=O) groups excluding carboxylic acids is 1. The largest absolute Gasteiger partial charge is 0.346 e. The summed E-state index contributed by atoms with van der Waals surface area (Å²) in [4.78, 5) is 11.7. The first kappa shape index (κ1) is 16.5. The third kappa shape index (κ3) is 4.24. The van der Waals surface area contributed by atoms with Crippen LogP contribution in [0.3, 0.4) is 0 Å². The summed E-state index contributed by atoms with van der Waals surface area (Å²) in [6.45, 7) is -0.219. The van der Waals surface area contributed by atoms with Crippen LogP contribution in [0.1, 0.15) is 17.3 Å². The molecule has 0 aliphatic rings. The van der Waals surface area contributed by atoms with Gasteiger partial charge in [0.05, 0.1) is 23.7 Å². The molecule has 1 rings (SSSR count). The molecule has 0 aromatic heterocycles. The van der Waals surface area contributed by atoms with Gasteiger partial charge < -0.3 is 11.1 Å². The van der Waals surface area contributed by atoms with Crippen LogP contribution in [0.5, 0.6) is 0 Å². The molecule has 1 amide bonds. The second-order valence-corrected chi connectivity index (χ2v) is 6.45. The molecule has 0 atom stereocenters. The molecule has 5 nitrogen and oxygen atoms in total. The molecule has 0 heterocycles. The van der Waals surface area contributed by atoms with E-state index in [-0.39, 0.29) is 16.2 Å². The quantitative estimate of drug-likeness (QED) is 0.813. The fourth-order valence-electron chi connectivity index (χ4n) is 1.36. The lowest BCUT2D eigenvalue weighted by atomic mass is 10.2. The second kappa shape index (κ2) is 6.27. The van der Waals surface area contributed by atoms with Gasteiger partial charge in [0.25, 0.3) is 11.8 Å². The van der Waals surface area contributed by atoms with E-state index >= 15 is 0 Å². The molecule has 1 aromatic rings. The van der Waals surface area contributed by atoms with E-state index < -0.39 is 34.8 Å². The first-order valence-electron chi connectivity index (χ1n) is 5.91. The summed E-state index contributed by atoms with van der Waals surface area (Å²) in [6.07, 6.45) is 0. The Bertz CT molecular complexity index is 571. The molecule has 1 aromatic carbocycles. The van der Waals surface area contributed by atoms with Crippen LogP contribution in [0.25, 0.3) is 0 Å². The zero-order valence-corrected chi connectivity index (χ0v) is 11.7. The van der Waals surface area contributed by atoms with Crippen LogP contribution in [0, 0.1) is 0 Å². The fraction of sp³-hybridized carbons (Fsp3) is 0.417. The Morgan fingerprint density at radius 1 is 1.30 bits per heavy atom. The van der Waals surface area contributed by atoms with Gasteiger partial charge in [-0.2, -0.15) is 0 Å². The van der Waals surface area contributed by atoms with E-state index in [0.29, 0.717) is 0 Å². The highest BCUT2D eigenvalue weighted by Crippen LogP contribution is 2.13. The monoisotopic (exact) mass is 306 g/mol. The third-order valence-electron chi connectivity index (χ3n) is 2.66. The molecule has 8 heteroatoms. The molecular formula is C12H16F2N2O3S. The molecule has 112 valence electrons. The molecule has 0 unspecified atom stereocenters. The van der Waals surface area contributed by atoms with Gasteiger partial charge in [-0.05, 0) is 24.3 Å². The molecule has 0 bridgehead atoms. The molecule has 3 N–H and O–H groups in total. The lowest BCUT2D eigenvalue weighted by molar-refractivity contribution is 0.0118. The van der Waals surface area contributed by atoms with Crippen LogP contribution >= 0.6 is 0 Å². The van der Waals surface area contributed by atoms with Gasteiger partial charge in [-0.1, -0.05) is 6.92 Å². The Hall–Kier alpha value is -1.54. The third-order valence-corrected chi connectivity index (χ3v) is 4.41. The van der Waals surface area contributed by atoms with E-state index in [4.69, 9.17) is 5.73 Å². The van der Waals surface area contributed by atoms with Crippen molar-refractivity contribution in [2.75, 3.05) is 18.8 Å². The molecule has 0 saturated carbocycles. The van der Waals surface area contributed by atoms with Crippen LogP contribution in [-0.2, 0) is 9.84 Å². The molecule has 0 aliphatic carbocycles. The summed E-state index contributed by atoms with van der Waals surface area (Å²) >= 11 is 0. The number of carbonyl (C=O) groups is 1. The van der Waals surface area contributed by atoms with Crippen molar-refractivity contribution in [3.05, 3.63) is 29.8 Å². The molecular weight excluding hydrogens is 290 g/mol. The van der Waals surface area contributed by atoms with Gasteiger partial charge in [0, 0.05) is 5.56 Å². The Balaban J connectivity index is 2.77. The van der Waals surface area contributed by atoms with E-state index in [1.165, 1.54) is 31.2 Å². The van der Waals surface area contributed by atoms with Crippen LogP contribution in [0.4, 0.5) is 8.78 Å². The molecule has 0 radical (unpaired) electrons. The minimum atomic E-state index is -3.35. The minimum absolute atomic E-state index is 0.0543. The fourth-order valence-corrected chi connectivity index (χ4v) is 2.25. The molecule has 0 aliphatic heterocycles. The summed E-state index contributed by atoms with van der Waals surface area (Å²) in [6, 6.07) is 5.10. The maximum atomic E-state index is 12.9. The zero-order chi connectivity index (χ0) is 15.4. The van der Waals surface area contributed by atoms with E-state index in [1.54, 1.807) is 0 Å². The Labute approximate surface area is 116 Å². The predicted molar refractivity (Wildman–Crippen MR) is 70.5 cm³/mol. The average Bonchev–Trinajstić information content (AvgIpc) is 2.45. The average molecular weight is 306 g/mol. The molecule has 20 heavy (non-hydrogen) atoms. The number of nitrogens with one attached hydrogen (secondary N) is 1. The van der Waals surface area contributed by atoms with Gasteiger partial charge in [-0.25, -0.2) is 17.2 Å². The van der Waals surface area contributed by atoms with E-state index in [1.807, 2.05) is 5.32 Å². The SMILES string of the molecule is CCS(=O)(=O)c1ccc(C(=O)NCC(F)(F)CN)cc1. The number of amides is 1. The van der Waals surface area contributed by atoms with Crippen molar-refractivity contribution >= 4 is 15.7 Å². The Kier molecular flexibility index (Phi) is 5.18. The van der Waals surface area contributed by atoms with Crippen molar-refractivity contribution in [3.63, 3.8) is 0 Å². The number of nitrogens with two attached hydrogens (primary N) is 1. The number of halogens is 2. The van der Waals surface area contributed by atoms with Gasteiger partial charge in [-0.3, -0.25) is 4.79 Å². The predicted octanol–water partition coefficient (Wildman–Crippen LogP) is 0.804. The highest BCUT2D eigenvalue weighted by Gasteiger charge is 2.27. The Morgan fingerprint density at radius 2 is 1.85 bits per heavy atom. The van der Waals surface area contributed by atoms with Crippen molar-refractivity contribution in [3.8, 4) is 0 Å². The van der Waals surface area contributed by atoms with E-state index in [0.717, 1.165) is 0 Å². The normalized spacial score (nSPS) is 12.2. The summed E-state index contributed by atoms with van der Waals surface area (Å²) in [5.74, 6) is -3.93. The summed E-state index contributed by atoms with van der Waals surface area (Å²) < 4.78 is 48.9. The lowest BCUT2D eigenvalue weighted by Crippen LogP contribution is -2.41. The van der Waals surface area contributed by atoms with Crippen molar-refractivity contribution in [1.29, 1.82) is 0 Å². The topological polar surface area (TPSA) is 89.3 Å². The van der Waals surface area contributed by atoms with E-state index in [9.17, 15) is 22.0 Å². The van der Waals surface area contributed by atoms with Crippen molar-refractivity contribution < 1.29 is 22.0 Å². The highest BCUT2D eigenvalue weighted by atomic mass is 32.2. The van der Waals surface area contributed by atoms with Gasteiger partial charge in [0.2, 0.25) is 0 Å². The minimum Gasteiger partial charge on any atom is -0.346 e. The van der Waals surface area contributed by atoms with Crippen molar-refractivity contribution in [1.82, 2.24) is 5.32 Å². The number of alkyl halides is 2. The van der Waals surface area contributed by atoms with Crippen LogP contribution in [0.2, 0.25) is 0 Å². The van der Waals surface area contributed by atoms with Gasteiger partial charge in [0.1, 0.15) is 0 Å². The maximum absolute atomic E-state index is 12.9. The summed E-state index contributed by atoms with van der Waals surface area (Å²) in [5, 5.41) is 2.04. The number of rotatable bonds is 6. The van der Waals surface area contributed by atoms with Crippen LogP contribution < -0.4 is 11.1 Å². The second-order valence-electron chi connectivity index (χ2n) is 4.17. The number of sulfone groups is 1. The smallest absolute Gasteiger partial charge is 0.277 e. The summed E-state index contributed by atoms with van der Waals surface area (Å²) in [7, 11) is -3.35. The Morgan fingerprint density at radius 3 is 2.30 bits per heavy atom. The van der Waals surface area contributed by atoms with Gasteiger partial charge in [-0.15, -0.1) is 0 Å². The zero-order valence-electron chi connectivity index (χ0n) is 10.9. The van der Waals surface area contributed by atoms with Crippen LogP contribution in [0.15, 0.2) is 29.2 Å². The van der Waals surface area contributed by atoms with Gasteiger partial charge in [0.15, 0.2) is 9.84 Å². The number of hydrogen-bond acceptors (Lipinski definition) is 4. The molecule has 0 fully saturated rings. The molecule has 0 saturated heterocycles. The highest BCUT2D eigenvalue weighted by molar-refractivity contribution is 7.91. The van der Waals surface area contributed by atoms with E-state index in [2.05, 4.69) is 0 Å². The number of hydrogen-bond donors (Lipinski definition) is 2. The lowest BCUT2D eigenvalue weighted by Gasteiger charge is -2.14. The molecule has 0 spiro atoms. The maximum Gasteiger partial charge on any atom is 0.277 e. The van der Waals surface area contributed by atoms with Crippen molar-refractivity contribution in [2.24, 2.45) is 5.73 Å². The van der Waals surface area contributed by atoms with Crippen LogP contribution in [-0.4, -0.2) is 39.1 Å². The first-order valence-corrected chi connectivity index (χ1v) is 7.56.